The van der Waals surface area contributed by atoms with Gasteiger partial charge in [-0.2, -0.15) is 0 Å². The fourth-order valence-corrected chi connectivity index (χ4v) is 2.62. The van der Waals surface area contributed by atoms with E-state index in [1.54, 1.807) is 48.5 Å². The Morgan fingerprint density at radius 1 is 0.933 bits per heavy atom. The zero-order valence-electron chi connectivity index (χ0n) is 16.3. The molecule has 154 valence electrons. The first-order chi connectivity index (χ1) is 14.5. The van der Waals surface area contributed by atoms with Crippen molar-refractivity contribution in [2.45, 2.75) is 0 Å². The third-order valence-electron chi connectivity index (χ3n) is 4.12. The molecule has 1 aromatic heterocycles. The number of methoxy groups -OCH3 is 2. The van der Waals surface area contributed by atoms with Crippen molar-refractivity contribution in [3.05, 3.63) is 66.0 Å². The topological polar surface area (TPSA) is 140 Å². The van der Waals surface area contributed by atoms with E-state index in [0.29, 0.717) is 22.6 Å². The van der Waals surface area contributed by atoms with Crippen molar-refractivity contribution in [2.75, 3.05) is 30.7 Å². The van der Waals surface area contributed by atoms with Crippen LogP contribution in [-0.2, 0) is 4.74 Å². The standard InChI is InChI=1S/C20H20N6O4/c1-29-15-10-6-4-8-13(15)19(27)26-25-18-16(21)17(22-11-23-18)24-14-9-5-3-7-12(14)20(28)30-2/h3-11H,21H2,1-2H3,(H,26,27)(H2,22,23,24,25). The van der Waals surface area contributed by atoms with Gasteiger partial charge in [0.05, 0.1) is 31.0 Å². The first-order valence-corrected chi connectivity index (χ1v) is 8.79. The number of carbonyl (C=O) groups is 2. The van der Waals surface area contributed by atoms with Gasteiger partial charge >= 0.3 is 5.97 Å². The number of nitrogens with zero attached hydrogens (tertiary/aromatic N) is 2. The Hall–Kier alpha value is -4.34. The maximum absolute atomic E-state index is 12.4. The number of carbonyl (C=O) groups excluding carboxylic acids is 2. The average molecular weight is 408 g/mol. The summed E-state index contributed by atoms with van der Waals surface area (Å²) >= 11 is 0. The lowest BCUT2D eigenvalue weighted by atomic mass is 10.2. The van der Waals surface area contributed by atoms with Gasteiger partial charge in [0.2, 0.25) is 0 Å². The minimum atomic E-state index is -0.506. The monoisotopic (exact) mass is 408 g/mol. The van der Waals surface area contributed by atoms with Crippen LogP contribution in [0.4, 0.5) is 23.0 Å². The maximum atomic E-state index is 12.4. The molecule has 10 nitrogen and oxygen atoms in total. The second kappa shape index (κ2) is 9.24. The number of amides is 1. The molecule has 0 unspecified atom stereocenters. The van der Waals surface area contributed by atoms with Crippen LogP contribution < -0.4 is 26.6 Å². The highest BCUT2D eigenvalue weighted by Gasteiger charge is 2.16. The molecule has 10 heteroatoms. The van der Waals surface area contributed by atoms with E-state index in [4.69, 9.17) is 15.2 Å². The Bertz CT molecular complexity index is 1070. The first kappa shape index (κ1) is 20.4. The summed E-state index contributed by atoms with van der Waals surface area (Å²) in [6.45, 7) is 0. The molecular weight excluding hydrogens is 388 g/mol. The SMILES string of the molecule is COC(=O)c1ccccc1Nc1ncnc(NNC(=O)c2ccccc2OC)c1N. The summed E-state index contributed by atoms with van der Waals surface area (Å²) in [5.74, 6) is -0.0971. The third-order valence-corrected chi connectivity index (χ3v) is 4.12. The summed E-state index contributed by atoms with van der Waals surface area (Å²) in [5.41, 5.74) is 12.6. The molecule has 30 heavy (non-hydrogen) atoms. The number of rotatable bonds is 7. The molecule has 3 rings (SSSR count). The van der Waals surface area contributed by atoms with E-state index in [-0.39, 0.29) is 17.3 Å². The number of ether oxygens (including phenoxy) is 2. The summed E-state index contributed by atoms with van der Waals surface area (Å²) in [6, 6.07) is 13.5. The largest absolute Gasteiger partial charge is 0.496 e. The van der Waals surface area contributed by atoms with Crippen LogP contribution in [0.1, 0.15) is 20.7 Å². The number of hydrazine groups is 1. The molecule has 0 saturated heterocycles. The number of benzene rings is 2. The second-order valence-electron chi connectivity index (χ2n) is 5.93. The van der Waals surface area contributed by atoms with Crippen LogP contribution in [0.5, 0.6) is 5.75 Å². The van der Waals surface area contributed by atoms with Gasteiger partial charge in [0.1, 0.15) is 17.8 Å². The number of hydrogen-bond donors (Lipinski definition) is 4. The quantitative estimate of drug-likeness (QED) is 0.342. The van der Waals surface area contributed by atoms with E-state index >= 15 is 0 Å². The number of anilines is 4. The van der Waals surface area contributed by atoms with Crippen molar-refractivity contribution in [1.29, 1.82) is 0 Å². The van der Waals surface area contributed by atoms with Crippen molar-refractivity contribution in [1.82, 2.24) is 15.4 Å². The van der Waals surface area contributed by atoms with E-state index < -0.39 is 11.9 Å². The highest BCUT2D eigenvalue weighted by Crippen LogP contribution is 2.27. The molecule has 0 spiro atoms. The predicted octanol–water partition coefficient (Wildman–Crippen LogP) is 2.35. The van der Waals surface area contributed by atoms with Gasteiger partial charge in [-0.05, 0) is 24.3 Å². The van der Waals surface area contributed by atoms with E-state index in [0.717, 1.165) is 0 Å². The third kappa shape index (κ3) is 4.38. The van der Waals surface area contributed by atoms with Crippen LogP contribution in [0.3, 0.4) is 0 Å². The van der Waals surface area contributed by atoms with Gasteiger partial charge in [0.15, 0.2) is 11.6 Å². The summed E-state index contributed by atoms with van der Waals surface area (Å²) in [6.07, 6.45) is 1.26. The normalized spacial score (nSPS) is 10.1. The molecule has 0 aliphatic heterocycles. The molecular formula is C20H20N6O4. The van der Waals surface area contributed by atoms with Gasteiger partial charge in [-0.25, -0.2) is 14.8 Å². The van der Waals surface area contributed by atoms with Crippen molar-refractivity contribution in [3.63, 3.8) is 0 Å². The number of esters is 1. The molecule has 0 bridgehead atoms. The lowest BCUT2D eigenvalue weighted by Gasteiger charge is -2.15. The number of nitrogens with two attached hydrogens (primary N) is 1. The molecule has 0 aliphatic rings. The fourth-order valence-electron chi connectivity index (χ4n) is 2.62. The Kier molecular flexibility index (Phi) is 6.28. The lowest BCUT2D eigenvalue weighted by molar-refractivity contribution is 0.0601. The zero-order chi connectivity index (χ0) is 21.5. The Labute approximate surface area is 172 Å². The van der Waals surface area contributed by atoms with Gasteiger partial charge in [-0.15, -0.1) is 0 Å². The number of hydrogen-bond acceptors (Lipinski definition) is 9. The number of para-hydroxylation sites is 2. The molecule has 1 heterocycles. The van der Waals surface area contributed by atoms with Crippen LogP contribution in [0.2, 0.25) is 0 Å². The van der Waals surface area contributed by atoms with Crippen LogP contribution in [0.15, 0.2) is 54.9 Å². The maximum Gasteiger partial charge on any atom is 0.339 e. The van der Waals surface area contributed by atoms with Gasteiger partial charge in [-0.1, -0.05) is 24.3 Å². The van der Waals surface area contributed by atoms with Gasteiger partial charge in [0.25, 0.3) is 5.91 Å². The first-order valence-electron chi connectivity index (χ1n) is 8.79. The highest BCUT2D eigenvalue weighted by molar-refractivity contribution is 5.98. The molecule has 0 atom stereocenters. The average Bonchev–Trinajstić information content (AvgIpc) is 2.79. The van der Waals surface area contributed by atoms with Crippen molar-refractivity contribution >= 4 is 34.9 Å². The number of aromatic nitrogens is 2. The van der Waals surface area contributed by atoms with Crippen molar-refractivity contribution < 1.29 is 19.1 Å². The van der Waals surface area contributed by atoms with Gasteiger partial charge in [-0.3, -0.25) is 15.6 Å². The predicted molar refractivity (Wildman–Crippen MR) is 112 cm³/mol. The summed E-state index contributed by atoms with van der Waals surface area (Å²) < 4.78 is 9.96. The molecule has 3 aromatic rings. The van der Waals surface area contributed by atoms with Crippen LogP contribution in [0.25, 0.3) is 0 Å². The molecule has 0 saturated carbocycles. The van der Waals surface area contributed by atoms with Gasteiger partial charge < -0.3 is 20.5 Å². The highest BCUT2D eigenvalue weighted by atomic mass is 16.5. The summed E-state index contributed by atoms with van der Waals surface area (Å²) in [5, 5.41) is 2.98. The Morgan fingerprint density at radius 2 is 1.60 bits per heavy atom. The fraction of sp³-hybridized carbons (Fsp3) is 0.100. The second-order valence-corrected chi connectivity index (χ2v) is 5.93. The Morgan fingerprint density at radius 3 is 2.33 bits per heavy atom. The minimum Gasteiger partial charge on any atom is -0.496 e. The number of nitrogens with one attached hydrogen (secondary N) is 3. The van der Waals surface area contributed by atoms with Crippen LogP contribution >= 0.6 is 0 Å². The molecule has 5 N–H and O–H groups in total. The molecule has 0 aliphatic carbocycles. The van der Waals surface area contributed by atoms with E-state index in [9.17, 15) is 9.59 Å². The molecule has 2 aromatic carbocycles. The van der Waals surface area contributed by atoms with E-state index in [1.165, 1.54) is 20.5 Å². The number of nitrogen functional groups attached to an aromatic ring is 1. The molecule has 0 fully saturated rings. The minimum absolute atomic E-state index is 0.137. The molecule has 0 radical (unpaired) electrons. The van der Waals surface area contributed by atoms with Crippen LogP contribution in [0, 0.1) is 0 Å². The summed E-state index contributed by atoms with van der Waals surface area (Å²) in [4.78, 5) is 32.5. The zero-order valence-corrected chi connectivity index (χ0v) is 16.3. The summed E-state index contributed by atoms with van der Waals surface area (Å²) in [7, 11) is 2.77. The lowest BCUT2D eigenvalue weighted by Crippen LogP contribution is -2.30. The van der Waals surface area contributed by atoms with E-state index in [1.807, 2.05) is 0 Å². The Balaban J connectivity index is 1.78. The van der Waals surface area contributed by atoms with Crippen molar-refractivity contribution in [2.24, 2.45) is 0 Å². The van der Waals surface area contributed by atoms with Crippen molar-refractivity contribution in [3.8, 4) is 5.75 Å². The van der Waals surface area contributed by atoms with Crippen LogP contribution in [-0.4, -0.2) is 36.1 Å². The van der Waals surface area contributed by atoms with Gasteiger partial charge in [0, 0.05) is 0 Å². The smallest absolute Gasteiger partial charge is 0.339 e. The molecule has 1 amide bonds. The van der Waals surface area contributed by atoms with E-state index in [2.05, 4.69) is 26.1 Å².